The number of carbonyl (C=O) groups is 1. The van der Waals surface area contributed by atoms with Crippen LogP contribution in [-0.2, 0) is 14.3 Å². The standard InChI is InChI=1S/C60H105NO8/c1-3-5-7-9-11-12-13-14-15-16-17-18-19-20-21-22-23-24-25-26-27-28-29-30-31-32-33-34-35-36-37-38-39-40-41-42-44-46-48-50-56(64)61-53(54(63)49-47-45-43-10-8-6-4-2)52-68-60-59(67)58(66)57(65)55(51-62)69-60/h5,7-8,10-12,14-15,17-18,20-21,47,49,53-55,57-60,62-63,65-67H,3-4,6,9,13,16,19,22-46,48,50-52H2,1-2H3,(H,61,64)/b7-5-,10-8+,12-11-,15-14-,18-17-,21-20-,49-47+. The average molecular weight is 968 g/mol. The Labute approximate surface area is 422 Å². The van der Waals surface area contributed by atoms with Gasteiger partial charge < -0.3 is 40.3 Å². The molecule has 6 N–H and O–H groups in total. The van der Waals surface area contributed by atoms with Crippen molar-refractivity contribution < 1.29 is 39.8 Å². The van der Waals surface area contributed by atoms with Crippen LogP contribution in [0.4, 0.5) is 0 Å². The maximum atomic E-state index is 12.9. The van der Waals surface area contributed by atoms with Gasteiger partial charge in [0.05, 0.1) is 25.4 Å². The zero-order valence-electron chi connectivity index (χ0n) is 44.0. The molecule has 9 nitrogen and oxygen atoms in total. The zero-order valence-corrected chi connectivity index (χ0v) is 44.0. The van der Waals surface area contributed by atoms with E-state index in [4.69, 9.17) is 9.47 Å². The van der Waals surface area contributed by atoms with Crippen LogP contribution in [0, 0.1) is 0 Å². The lowest BCUT2D eigenvalue weighted by molar-refractivity contribution is -0.302. The molecule has 1 heterocycles. The topological polar surface area (TPSA) is 149 Å². The quantitative estimate of drug-likeness (QED) is 0.0261. The third-order valence-corrected chi connectivity index (χ3v) is 12.9. The molecule has 0 aromatic heterocycles. The van der Waals surface area contributed by atoms with Crippen LogP contribution in [0.25, 0.3) is 0 Å². The SMILES string of the molecule is CC/C=C\C/C=C\C/C=C\C/C=C\C/C=C\CCCCCCCCCCCCCCCCCCCCCCCCCC(=O)NC(COC1OC(CO)C(O)C(O)C1O)C(O)/C=C/CC/C=C/CCC. The van der Waals surface area contributed by atoms with E-state index in [2.05, 4.69) is 92.1 Å². The number of allylic oxidation sites excluding steroid dienone is 13. The first-order chi connectivity index (χ1) is 33.8. The third kappa shape index (κ3) is 38.7. The minimum Gasteiger partial charge on any atom is -0.394 e. The van der Waals surface area contributed by atoms with Crippen LogP contribution in [-0.4, -0.2) is 87.5 Å². The Morgan fingerprint density at radius 3 is 1.38 bits per heavy atom. The largest absolute Gasteiger partial charge is 0.394 e. The molecule has 0 spiro atoms. The number of aliphatic hydroxyl groups excluding tert-OH is 5. The molecule has 0 bridgehead atoms. The van der Waals surface area contributed by atoms with Gasteiger partial charge in [-0.15, -0.1) is 0 Å². The summed E-state index contributed by atoms with van der Waals surface area (Å²) in [6.07, 6.45) is 62.9. The Bertz CT molecular complexity index is 1350. The van der Waals surface area contributed by atoms with Gasteiger partial charge in [0.1, 0.15) is 24.4 Å². The minimum absolute atomic E-state index is 0.191. The monoisotopic (exact) mass is 968 g/mol. The molecule has 398 valence electrons. The number of aliphatic hydroxyl groups is 5. The summed E-state index contributed by atoms with van der Waals surface area (Å²) in [6.45, 7) is 3.53. The molecular formula is C60H105NO8. The number of unbranched alkanes of at least 4 members (excludes halogenated alkanes) is 25. The molecule has 69 heavy (non-hydrogen) atoms. The van der Waals surface area contributed by atoms with Crippen LogP contribution >= 0.6 is 0 Å². The first-order valence-corrected chi connectivity index (χ1v) is 28.3. The number of amides is 1. The Hall–Kier alpha value is -2.63. The van der Waals surface area contributed by atoms with E-state index in [1.165, 1.54) is 135 Å². The molecule has 7 unspecified atom stereocenters. The summed E-state index contributed by atoms with van der Waals surface area (Å²) in [6, 6.07) is -0.819. The highest BCUT2D eigenvalue weighted by atomic mass is 16.7. The van der Waals surface area contributed by atoms with Gasteiger partial charge >= 0.3 is 0 Å². The molecular weight excluding hydrogens is 863 g/mol. The molecule has 1 aliphatic rings. The fraction of sp³-hybridized carbons (Fsp3) is 0.750. The second-order valence-electron chi connectivity index (χ2n) is 19.3. The summed E-state index contributed by atoms with van der Waals surface area (Å²) in [5.74, 6) is -0.191. The molecule has 0 radical (unpaired) electrons. The first-order valence-electron chi connectivity index (χ1n) is 28.3. The molecule has 0 aliphatic carbocycles. The first kappa shape index (κ1) is 64.4. The molecule has 1 aliphatic heterocycles. The van der Waals surface area contributed by atoms with Crippen LogP contribution in [0.2, 0.25) is 0 Å². The van der Waals surface area contributed by atoms with Gasteiger partial charge in [0, 0.05) is 6.42 Å². The molecule has 0 aromatic rings. The van der Waals surface area contributed by atoms with Gasteiger partial charge in [0.15, 0.2) is 6.29 Å². The van der Waals surface area contributed by atoms with Crippen LogP contribution in [0.5, 0.6) is 0 Å². The van der Waals surface area contributed by atoms with Crippen molar-refractivity contribution in [3.63, 3.8) is 0 Å². The number of hydrogen-bond acceptors (Lipinski definition) is 8. The van der Waals surface area contributed by atoms with Gasteiger partial charge in [-0.25, -0.2) is 0 Å². The smallest absolute Gasteiger partial charge is 0.220 e. The van der Waals surface area contributed by atoms with Gasteiger partial charge in [0.25, 0.3) is 0 Å². The number of rotatable bonds is 47. The summed E-state index contributed by atoms with van der Waals surface area (Å²) in [4.78, 5) is 12.9. The maximum absolute atomic E-state index is 12.9. The van der Waals surface area contributed by atoms with Crippen molar-refractivity contribution in [1.82, 2.24) is 5.32 Å². The maximum Gasteiger partial charge on any atom is 0.220 e. The van der Waals surface area contributed by atoms with Crippen LogP contribution in [0.15, 0.2) is 85.1 Å². The van der Waals surface area contributed by atoms with E-state index in [0.717, 1.165) is 77.0 Å². The van der Waals surface area contributed by atoms with Crippen molar-refractivity contribution in [3.05, 3.63) is 85.1 Å². The number of ether oxygens (including phenoxy) is 2. The summed E-state index contributed by atoms with van der Waals surface area (Å²) in [7, 11) is 0. The molecule has 1 rings (SSSR count). The van der Waals surface area contributed by atoms with Crippen LogP contribution in [0.3, 0.4) is 0 Å². The lowest BCUT2D eigenvalue weighted by Gasteiger charge is -2.40. The molecule has 1 amide bonds. The fourth-order valence-electron chi connectivity index (χ4n) is 8.50. The van der Waals surface area contributed by atoms with Crippen molar-refractivity contribution in [3.8, 4) is 0 Å². The van der Waals surface area contributed by atoms with Crippen molar-refractivity contribution >= 4 is 5.91 Å². The van der Waals surface area contributed by atoms with E-state index in [1.54, 1.807) is 6.08 Å². The lowest BCUT2D eigenvalue weighted by atomic mass is 9.99. The van der Waals surface area contributed by atoms with E-state index in [0.29, 0.717) is 6.42 Å². The van der Waals surface area contributed by atoms with E-state index >= 15 is 0 Å². The normalized spacial score (nSPS) is 20.1. The summed E-state index contributed by atoms with van der Waals surface area (Å²) >= 11 is 0. The number of nitrogens with one attached hydrogen (secondary N) is 1. The Morgan fingerprint density at radius 2 is 0.913 bits per heavy atom. The summed E-state index contributed by atoms with van der Waals surface area (Å²) < 4.78 is 11.2. The van der Waals surface area contributed by atoms with Crippen LogP contribution < -0.4 is 5.32 Å². The second kappa shape index (κ2) is 49.0. The Morgan fingerprint density at radius 1 is 0.507 bits per heavy atom. The molecule has 7 atom stereocenters. The van der Waals surface area contributed by atoms with Gasteiger partial charge in [-0.1, -0.05) is 240 Å². The van der Waals surface area contributed by atoms with Crippen molar-refractivity contribution in [2.75, 3.05) is 13.2 Å². The van der Waals surface area contributed by atoms with E-state index < -0.39 is 49.5 Å². The van der Waals surface area contributed by atoms with E-state index in [-0.39, 0.29) is 12.5 Å². The molecule has 1 saturated heterocycles. The predicted molar refractivity (Wildman–Crippen MR) is 290 cm³/mol. The molecule has 0 saturated carbocycles. The average Bonchev–Trinajstić information content (AvgIpc) is 3.35. The van der Waals surface area contributed by atoms with Crippen LogP contribution in [0.1, 0.15) is 232 Å². The Kier molecular flexibility index (Phi) is 45.7. The number of hydrogen-bond donors (Lipinski definition) is 6. The highest BCUT2D eigenvalue weighted by molar-refractivity contribution is 5.76. The van der Waals surface area contributed by atoms with Crippen molar-refractivity contribution in [1.29, 1.82) is 0 Å². The van der Waals surface area contributed by atoms with Gasteiger partial charge in [0.2, 0.25) is 5.91 Å². The van der Waals surface area contributed by atoms with Gasteiger partial charge in [-0.05, 0) is 70.6 Å². The third-order valence-electron chi connectivity index (χ3n) is 12.9. The highest BCUT2D eigenvalue weighted by Crippen LogP contribution is 2.23. The minimum atomic E-state index is -1.57. The van der Waals surface area contributed by atoms with Gasteiger partial charge in [-0.2, -0.15) is 0 Å². The molecule has 1 fully saturated rings. The van der Waals surface area contributed by atoms with E-state index in [9.17, 15) is 30.3 Å². The summed E-state index contributed by atoms with van der Waals surface area (Å²) in [5.41, 5.74) is 0. The Balaban J connectivity index is 1.99. The van der Waals surface area contributed by atoms with Crippen molar-refractivity contribution in [2.24, 2.45) is 0 Å². The molecule has 0 aromatic carbocycles. The van der Waals surface area contributed by atoms with E-state index in [1.807, 2.05) is 6.08 Å². The highest BCUT2D eigenvalue weighted by Gasteiger charge is 2.44. The second-order valence-corrected chi connectivity index (χ2v) is 19.3. The predicted octanol–water partition coefficient (Wildman–Crippen LogP) is 13.8. The fourth-order valence-corrected chi connectivity index (χ4v) is 8.50. The number of carbonyl (C=O) groups excluding carboxylic acids is 1. The summed E-state index contributed by atoms with van der Waals surface area (Å²) in [5, 5.41) is 54.0. The zero-order chi connectivity index (χ0) is 50.1. The molecule has 9 heteroatoms. The lowest BCUT2D eigenvalue weighted by Crippen LogP contribution is -2.60. The van der Waals surface area contributed by atoms with Crippen molar-refractivity contribution in [2.45, 2.75) is 275 Å². The van der Waals surface area contributed by atoms with Gasteiger partial charge in [-0.3, -0.25) is 4.79 Å².